The third-order valence-corrected chi connectivity index (χ3v) is 6.88. The number of rotatable bonds is 4. The highest BCUT2D eigenvalue weighted by Gasteiger charge is 2.66. The fraction of sp³-hybridized carbons (Fsp3) is 0.500. The van der Waals surface area contributed by atoms with E-state index in [0.717, 1.165) is 6.07 Å². The summed E-state index contributed by atoms with van der Waals surface area (Å²) in [7, 11) is -3.75. The second-order valence-corrected chi connectivity index (χ2v) is 9.01. The van der Waals surface area contributed by atoms with Crippen LogP contribution < -0.4 is 4.72 Å². The van der Waals surface area contributed by atoms with Gasteiger partial charge < -0.3 is 5.11 Å². The van der Waals surface area contributed by atoms with Crippen LogP contribution in [0, 0.1) is 10.8 Å². The number of benzene rings is 1. The van der Waals surface area contributed by atoms with Crippen molar-refractivity contribution in [2.24, 2.45) is 10.8 Å². The lowest BCUT2D eigenvalue weighted by atomic mass is 10.0. The van der Waals surface area contributed by atoms with Crippen LogP contribution in [0.5, 0.6) is 0 Å². The Morgan fingerprint density at radius 3 is 2.19 bits per heavy atom. The standard InChI is InChI=1S/C14H18BrNO4S/c1-13(2)12(14(13,3)4)16-21(19,20)8-5-6-10(15)9(7-8)11(17)18/h5-7,12,16H,1-4H3,(H,17,18). The van der Waals surface area contributed by atoms with Crippen molar-refractivity contribution in [1.82, 2.24) is 4.72 Å². The Balaban J connectivity index is 2.34. The highest BCUT2D eigenvalue weighted by atomic mass is 79.9. The fourth-order valence-corrected chi connectivity index (χ4v) is 4.52. The van der Waals surface area contributed by atoms with E-state index in [0.29, 0.717) is 4.47 Å². The number of aromatic carboxylic acids is 1. The van der Waals surface area contributed by atoms with Gasteiger partial charge in [-0.15, -0.1) is 0 Å². The maximum absolute atomic E-state index is 12.4. The summed E-state index contributed by atoms with van der Waals surface area (Å²) in [6.45, 7) is 8.02. The third-order valence-electron chi connectivity index (χ3n) is 4.77. The summed E-state index contributed by atoms with van der Waals surface area (Å²) < 4.78 is 27.9. The van der Waals surface area contributed by atoms with E-state index >= 15 is 0 Å². The van der Waals surface area contributed by atoms with E-state index in [1.807, 2.05) is 27.7 Å². The van der Waals surface area contributed by atoms with Gasteiger partial charge in [0.25, 0.3) is 0 Å². The quantitative estimate of drug-likeness (QED) is 0.847. The van der Waals surface area contributed by atoms with Gasteiger partial charge in [-0.1, -0.05) is 27.7 Å². The van der Waals surface area contributed by atoms with Crippen molar-refractivity contribution in [2.45, 2.75) is 38.6 Å². The number of halogens is 1. The molecule has 0 atom stereocenters. The number of carboxylic acid groups (broad SMARTS) is 1. The lowest BCUT2D eigenvalue weighted by Gasteiger charge is -2.09. The second-order valence-electron chi connectivity index (χ2n) is 6.44. The summed E-state index contributed by atoms with van der Waals surface area (Å²) in [4.78, 5) is 11.1. The summed E-state index contributed by atoms with van der Waals surface area (Å²) in [5, 5.41) is 9.07. The highest BCUT2D eigenvalue weighted by Crippen LogP contribution is 2.62. The molecule has 0 bridgehead atoms. The average Bonchev–Trinajstić information content (AvgIpc) is 2.71. The number of carbonyl (C=O) groups is 1. The van der Waals surface area contributed by atoms with Crippen LogP contribution in [0.2, 0.25) is 0 Å². The van der Waals surface area contributed by atoms with Gasteiger partial charge in [0, 0.05) is 10.5 Å². The molecule has 0 aromatic heterocycles. The molecule has 0 radical (unpaired) electrons. The Bertz CT molecular complexity index is 696. The molecule has 1 fully saturated rings. The van der Waals surface area contributed by atoms with Crippen molar-refractivity contribution < 1.29 is 18.3 Å². The molecule has 0 heterocycles. The van der Waals surface area contributed by atoms with E-state index in [-0.39, 0.29) is 27.3 Å². The van der Waals surface area contributed by atoms with Crippen LogP contribution in [0.15, 0.2) is 27.6 Å². The van der Waals surface area contributed by atoms with Gasteiger partial charge >= 0.3 is 5.97 Å². The molecule has 21 heavy (non-hydrogen) atoms. The molecule has 0 saturated heterocycles. The topological polar surface area (TPSA) is 83.5 Å². The molecule has 1 aliphatic rings. The lowest BCUT2D eigenvalue weighted by molar-refractivity contribution is 0.0695. The van der Waals surface area contributed by atoms with Crippen LogP contribution in [0.1, 0.15) is 38.1 Å². The fourth-order valence-electron chi connectivity index (χ4n) is 2.55. The van der Waals surface area contributed by atoms with Crippen molar-refractivity contribution >= 4 is 31.9 Å². The largest absolute Gasteiger partial charge is 0.478 e. The Kier molecular flexibility index (Phi) is 3.75. The van der Waals surface area contributed by atoms with Crippen molar-refractivity contribution in [3.8, 4) is 0 Å². The number of hydrogen-bond donors (Lipinski definition) is 2. The first-order chi connectivity index (χ1) is 9.41. The molecule has 116 valence electrons. The van der Waals surface area contributed by atoms with E-state index < -0.39 is 16.0 Å². The van der Waals surface area contributed by atoms with Gasteiger partial charge in [0.15, 0.2) is 0 Å². The molecule has 7 heteroatoms. The van der Waals surface area contributed by atoms with Crippen LogP contribution in [0.3, 0.4) is 0 Å². The van der Waals surface area contributed by atoms with Crippen molar-refractivity contribution in [1.29, 1.82) is 0 Å². The zero-order chi connectivity index (χ0) is 16.2. The van der Waals surface area contributed by atoms with Gasteiger partial charge in [-0.3, -0.25) is 0 Å². The Labute approximate surface area is 132 Å². The molecule has 1 saturated carbocycles. The summed E-state index contributed by atoms with van der Waals surface area (Å²) in [5.41, 5.74) is -0.344. The summed E-state index contributed by atoms with van der Waals surface area (Å²) in [6, 6.07) is 3.81. The molecular formula is C14H18BrNO4S. The van der Waals surface area contributed by atoms with Gasteiger partial charge in [-0.25, -0.2) is 17.9 Å². The second kappa shape index (κ2) is 4.79. The Morgan fingerprint density at radius 2 is 1.76 bits per heavy atom. The number of nitrogens with one attached hydrogen (secondary N) is 1. The van der Waals surface area contributed by atoms with Crippen LogP contribution in [-0.4, -0.2) is 25.5 Å². The number of hydrogen-bond acceptors (Lipinski definition) is 3. The Morgan fingerprint density at radius 1 is 1.24 bits per heavy atom. The molecule has 0 aliphatic heterocycles. The molecule has 0 unspecified atom stereocenters. The van der Waals surface area contributed by atoms with Gasteiger partial charge in [0.2, 0.25) is 10.0 Å². The number of sulfonamides is 1. The zero-order valence-corrected chi connectivity index (χ0v) is 14.7. The molecule has 0 amide bonds. The van der Waals surface area contributed by atoms with E-state index in [1.165, 1.54) is 12.1 Å². The van der Waals surface area contributed by atoms with Crippen LogP contribution in [0.25, 0.3) is 0 Å². The molecule has 1 aromatic carbocycles. The van der Waals surface area contributed by atoms with Crippen LogP contribution in [0.4, 0.5) is 0 Å². The molecule has 2 N–H and O–H groups in total. The van der Waals surface area contributed by atoms with Crippen molar-refractivity contribution in [3.05, 3.63) is 28.2 Å². The van der Waals surface area contributed by atoms with Gasteiger partial charge in [-0.2, -0.15) is 0 Å². The van der Waals surface area contributed by atoms with Gasteiger partial charge in [0.1, 0.15) is 0 Å². The highest BCUT2D eigenvalue weighted by molar-refractivity contribution is 9.10. The maximum atomic E-state index is 12.4. The van der Waals surface area contributed by atoms with E-state index in [9.17, 15) is 13.2 Å². The summed E-state index contributed by atoms with van der Waals surface area (Å²) >= 11 is 3.10. The normalized spacial score (nSPS) is 20.2. The molecule has 1 aromatic rings. The summed E-state index contributed by atoms with van der Waals surface area (Å²) in [6.07, 6.45) is 0. The first-order valence-corrected chi connectivity index (χ1v) is 8.74. The minimum atomic E-state index is -3.75. The third kappa shape index (κ3) is 2.62. The van der Waals surface area contributed by atoms with E-state index in [2.05, 4.69) is 20.7 Å². The minimum absolute atomic E-state index is 0.0402. The minimum Gasteiger partial charge on any atom is -0.478 e. The predicted molar refractivity (Wildman–Crippen MR) is 82.8 cm³/mol. The van der Waals surface area contributed by atoms with Gasteiger partial charge in [0.05, 0.1) is 10.5 Å². The SMILES string of the molecule is CC1(C)C(NS(=O)(=O)c2ccc(Br)c(C(=O)O)c2)C1(C)C. The lowest BCUT2D eigenvalue weighted by Crippen LogP contribution is -2.30. The first kappa shape index (κ1) is 16.5. The molecule has 5 nitrogen and oxygen atoms in total. The molecule has 1 aliphatic carbocycles. The zero-order valence-electron chi connectivity index (χ0n) is 12.3. The average molecular weight is 376 g/mol. The van der Waals surface area contributed by atoms with Crippen LogP contribution in [-0.2, 0) is 10.0 Å². The molecule has 2 rings (SSSR count). The monoisotopic (exact) mass is 375 g/mol. The van der Waals surface area contributed by atoms with Crippen molar-refractivity contribution in [3.63, 3.8) is 0 Å². The summed E-state index contributed by atoms with van der Waals surface area (Å²) in [5.74, 6) is -1.17. The Hall–Kier alpha value is -0.920. The smallest absolute Gasteiger partial charge is 0.336 e. The van der Waals surface area contributed by atoms with E-state index in [4.69, 9.17) is 5.11 Å². The van der Waals surface area contributed by atoms with Gasteiger partial charge in [-0.05, 0) is 45.0 Å². The number of carboxylic acids is 1. The van der Waals surface area contributed by atoms with Crippen LogP contribution >= 0.6 is 15.9 Å². The maximum Gasteiger partial charge on any atom is 0.336 e. The predicted octanol–water partition coefficient (Wildman–Crippen LogP) is 2.86. The molecular weight excluding hydrogens is 358 g/mol. The molecule has 0 spiro atoms. The first-order valence-electron chi connectivity index (χ1n) is 6.46. The van der Waals surface area contributed by atoms with E-state index in [1.54, 1.807) is 0 Å². The van der Waals surface area contributed by atoms with Crippen molar-refractivity contribution in [2.75, 3.05) is 0 Å².